The molecule has 2 aromatic carbocycles. The van der Waals surface area contributed by atoms with E-state index in [0.29, 0.717) is 41.9 Å². The summed E-state index contributed by atoms with van der Waals surface area (Å²) in [5.41, 5.74) is 2.71. The van der Waals surface area contributed by atoms with Crippen molar-refractivity contribution >= 4 is 5.91 Å². The fourth-order valence-corrected chi connectivity index (χ4v) is 4.03. The van der Waals surface area contributed by atoms with Gasteiger partial charge in [-0.05, 0) is 45.9 Å². The summed E-state index contributed by atoms with van der Waals surface area (Å²) in [5, 5.41) is 4.16. The maximum Gasteiger partial charge on any atom is 0.254 e. The summed E-state index contributed by atoms with van der Waals surface area (Å²) in [5.74, 6) is 2.36. The van der Waals surface area contributed by atoms with Crippen molar-refractivity contribution in [3.8, 4) is 22.9 Å². The summed E-state index contributed by atoms with van der Waals surface area (Å²) < 4.78 is 16.8. The van der Waals surface area contributed by atoms with Gasteiger partial charge in [-0.3, -0.25) is 9.69 Å². The van der Waals surface area contributed by atoms with E-state index in [1.54, 1.807) is 25.3 Å². The monoisotopic (exact) mass is 464 g/mol. The zero-order valence-corrected chi connectivity index (χ0v) is 20.4. The molecule has 0 bridgehead atoms. The smallest absolute Gasteiger partial charge is 0.254 e. The highest BCUT2D eigenvalue weighted by Crippen LogP contribution is 2.30. The number of nitrogens with zero attached hydrogens (tertiary/aromatic N) is 4. The number of aryl methyl sites for hydroxylation is 1. The minimum atomic E-state index is -0.0310. The molecule has 1 atom stereocenters. The lowest BCUT2D eigenvalue weighted by Crippen LogP contribution is -2.49. The van der Waals surface area contributed by atoms with Crippen LogP contribution in [0, 0.1) is 6.92 Å². The zero-order valence-electron chi connectivity index (χ0n) is 20.4. The SMILES string of the molecule is COc1cc(C(=O)N2CCN(C(C)c3nc(-c4ccc(C)cc4)no3)CC2)ccc1OC(C)C. The van der Waals surface area contributed by atoms with Crippen LogP contribution in [0.3, 0.4) is 0 Å². The van der Waals surface area contributed by atoms with E-state index in [1.165, 1.54) is 5.56 Å². The van der Waals surface area contributed by atoms with Crippen LogP contribution in [-0.4, -0.2) is 65.2 Å². The van der Waals surface area contributed by atoms with Crippen LogP contribution in [0.4, 0.5) is 0 Å². The first-order valence-electron chi connectivity index (χ1n) is 11.6. The molecule has 34 heavy (non-hydrogen) atoms. The fraction of sp³-hybridized carbons (Fsp3) is 0.423. The molecular weight excluding hydrogens is 432 g/mol. The van der Waals surface area contributed by atoms with Crippen molar-refractivity contribution in [1.29, 1.82) is 0 Å². The molecular formula is C26H32N4O4. The largest absolute Gasteiger partial charge is 0.493 e. The summed E-state index contributed by atoms with van der Waals surface area (Å²) in [6.07, 6.45) is 0.0253. The summed E-state index contributed by atoms with van der Waals surface area (Å²) in [6.45, 7) is 10.7. The number of carbonyl (C=O) groups excluding carboxylic acids is 1. The van der Waals surface area contributed by atoms with Gasteiger partial charge in [-0.15, -0.1) is 0 Å². The molecule has 1 aliphatic heterocycles. The minimum Gasteiger partial charge on any atom is -0.493 e. The number of methoxy groups -OCH3 is 1. The standard InChI is InChI=1S/C26H32N4O4/c1-17(2)33-22-11-10-21(16-23(22)32-5)26(31)30-14-12-29(13-15-30)19(4)25-27-24(28-34-25)20-8-6-18(3)7-9-20/h6-11,16-17,19H,12-15H2,1-5H3. The van der Waals surface area contributed by atoms with Crippen molar-refractivity contribution in [1.82, 2.24) is 19.9 Å². The van der Waals surface area contributed by atoms with Crippen LogP contribution in [0.25, 0.3) is 11.4 Å². The van der Waals surface area contributed by atoms with Crippen LogP contribution in [0.1, 0.15) is 48.6 Å². The number of aromatic nitrogens is 2. The van der Waals surface area contributed by atoms with E-state index in [9.17, 15) is 4.79 Å². The lowest BCUT2D eigenvalue weighted by atomic mass is 10.1. The number of hydrogen-bond donors (Lipinski definition) is 0. The second kappa shape index (κ2) is 10.3. The van der Waals surface area contributed by atoms with Crippen molar-refractivity contribution in [2.24, 2.45) is 0 Å². The van der Waals surface area contributed by atoms with Gasteiger partial charge >= 0.3 is 0 Å². The summed E-state index contributed by atoms with van der Waals surface area (Å²) >= 11 is 0. The average molecular weight is 465 g/mol. The maximum absolute atomic E-state index is 13.1. The molecule has 1 unspecified atom stereocenters. The molecule has 0 radical (unpaired) electrons. The molecule has 1 amide bonds. The minimum absolute atomic E-state index is 0.0128. The van der Waals surface area contributed by atoms with E-state index in [4.69, 9.17) is 14.0 Å². The molecule has 1 aromatic heterocycles. The Balaban J connectivity index is 1.37. The van der Waals surface area contributed by atoms with Crippen LogP contribution >= 0.6 is 0 Å². The van der Waals surface area contributed by atoms with Crippen molar-refractivity contribution < 1.29 is 18.8 Å². The van der Waals surface area contributed by atoms with Gasteiger partial charge in [-0.2, -0.15) is 4.98 Å². The average Bonchev–Trinajstić information content (AvgIpc) is 3.34. The normalized spacial score (nSPS) is 15.4. The van der Waals surface area contributed by atoms with Crippen LogP contribution in [0.15, 0.2) is 47.0 Å². The number of hydrogen-bond acceptors (Lipinski definition) is 7. The predicted octanol–water partition coefficient (Wildman–Crippen LogP) is 4.36. The van der Waals surface area contributed by atoms with Gasteiger partial charge < -0.3 is 18.9 Å². The lowest BCUT2D eigenvalue weighted by molar-refractivity contribution is 0.0551. The van der Waals surface area contributed by atoms with Crippen molar-refractivity contribution in [2.45, 2.75) is 39.8 Å². The number of ether oxygens (including phenoxy) is 2. The molecule has 3 aromatic rings. The third-order valence-corrected chi connectivity index (χ3v) is 6.03. The van der Waals surface area contributed by atoms with E-state index < -0.39 is 0 Å². The predicted molar refractivity (Wildman–Crippen MR) is 129 cm³/mol. The zero-order chi connectivity index (χ0) is 24.2. The molecule has 1 saturated heterocycles. The number of benzene rings is 2. The fourth-order valence-electron chi connectivity index (χ4n) is 4.03. The molecule has 0 N–H and O–H groups in total. The van der Waals surface area contributed by atoms with Gasteiger partial charge in [0.05, 0.1) is 19.3 Å². The second-order valence-corrected chi connectivity index (χ2v) is 8.86. The highest BCUT2D eigenvalue weighted by atomic mass is 16.5. The van der Waals surface area contributed by atoms with Gasteiger partial charge in [0.2, 0.25) is 11.7 Å². The van der Waals surface area contributed by atoms with E-state index in [2.05, 4.69) is 22.0 Å². The highest BCUT2D eigenvalue weighted by Gasteiger charge is 2.28. The van der Waals surface area contributed by atoms with Crippen LogP contribution in [0.2, 0.25) is 0 Å². The van der Waals surface area contributed by atoms with E-state index in [-0.39, 0.29) is 18.1 Å². The molecule has 0 spiro atoms. The van der Waals surface area contributed by atoms with E-state index in [0.717, 1.165) is 18.7 Å². The summed E-state index contributed by atoms with van der Waals surface area (Å²) in [4.78, 5) is 21.8. The van der Waals surface area contributed by atoms with Crippen LogP contribution < -0.4 is 9.47 Å². The van der Waals surface area contributed by atoms with Crippen LogP contribution in [0.5, 0.6) is 11.5 Å². The van der Waals surface area contributed by atoms with Crippen molar-refractivity contribution in [2.75, 3.05) is 33.3 Å². The third-order valence-electron chi connectivity index (χ3n) is 6.03. The second-order valence-electron chi connectivity index (χ2n) is 8.86. The van der Waals surface area contributed by atoms with Gasteiger partial charge in [-0.25, -0.2) is 0 Å². The van der Waals surface area contributed by atoms with Gasteiger partial charge in [0, 0.05) is 37.3 Å². The Morgan fingerprint density at radius 2 is 1.71 bits per heavy atom. The first-order valence-corrected chi connectivity index (χ1v) is 11.6. The Morgan fingerprint density at radius 3 is 2.35 bits per heavy atom. The first kappa shape index (κ1) is 23.8. The molecule has 1 fully saturated rings. The van der Waals surface area contributed by atoms with Gasteiger partial charge in [0.1, 0.15) is 0 Å². The lowest BCUT2D eigenvalue weighted by Gasteiger charge is -2.36. The quantitative estimate of drug-likeness (QED) is 0.514. The molecule has 8 nitrogen and oxygen atoms in total. The Morgan fingerprint density at radius 1 is 1.00 bits per heavy atom. The Labute approximate surface area is 200 Å². The number of rotatable bonds is 7. The maximum atomic E-state index is 13.1. The number of piperazine rings is 1. The van der Waals surface area contributed by atoms with Crippen molar-refractivity contribution in [3.63, 3.8) is 0 Å². The van der Waals surface area contributed by atoms with Crippen molar-refractivity contribution in [3.05, 3.63) is 59.5 Å². The summed E-state index contributed by atoms with van der Waals surface area (Å²) in [6, 6.07) is 13.4. The Kier molecular flexibility index (Phi) is 7.17. The topological polar surface area (TPSA) is 80.9 Å². The van der Waals surface area contributed by atoms with Gasteiger partial charge in [0.15, 0.2) is 11.5 Å². The number of carbonyl (C=O) groups is 1. The molecule has 0 saturated carbocycles. The molecule has 1 aliphatic rings. The highest BCUT2D eigenvalue weighted by molar-refractivity contribution is 5.95. The molecule has 8 heteroatoms. The van der Waals surface area contributed by atoms with E-state index >= 15 is 0 Å². The third kappa shape index (κ3) is 5.22. The van der Waals surface area contributed by atoms with Gasteiger partial charge in [-0.1, -0.05) is 35.0 Å². The Bertz CT molecular complexity index is 1120. The molecule has 0 aliphatic carbocycles. The van der Waals surface area contributed by atoms with Crippen LogP contribution in [-0.2, 0) is 0 Å². The Hall–Kier alpha value is -3.39. The summed E-state index contributed by atoms with van der Waals surface area (Å²) in [7, 11) is 1.58. The van der Waals surface area contributed by atoms with Gasteiger partial charge in [0.25, 0.3) is 5.91 Å². The van der Waals surface area contributed by atoms with E-state index in [1.807, 2.05) is 49.9 Å². The first-order chi connectivity index (χ1) is 16.4. The molecule has 4 rings (SSSR count). The molecule has 180 valence electrons. The number of amides is 1. The molecule has 2 heterocycles.